The summed E-state index contributed by atoms with van der Waals surface area (Å²) in [6.07, 6.45) is 0.958. The minimum Gasteiger partial charge on any atom is -0.457 e. The minimum absolute atomic E-state index is 0.0816. The molecule has 2 aromatic carbocycles. The Morgan fingerprint density at radius 1 is 1.11 bits per heavy atom. The van der Waals surface area contributed by atoms with Crippen LogP contribution in [-0.4, -0.2) is 28.7 Å². The van der Waals surface area contributed by atoms with Gasteiger partial charge in [-0.1, -0.05) is 30.3 Å². The maximum absolute atomic E-state index is 12.8. The second kappa shape index (κ2) is 8.94. The smallest absolute Gasteiger partial charge is 0.237 e. The monoisotopic (exact) mass is 413 g/mol. The van der Waals surface area contributed by atoms with Crippen molar-refractivity contribution in [3.05, 3.63) is 71.3 Å². The summed E-state index contributed by atoms with van der Waals surface area (Å²) in [6, 6.07) is 17.7. The van der Waals surface area contributed by atoms with E-state index in [1.807, 2.05) is 61.5 Å². The molecule has 2 heterocycles. The van der Waals surface area contributed by atoms with Gasteiger partial charge in [0.05, 0.1) is 6.54 Å². The molecule has 5 nitrogen and oxygen atoms in total. The summed E-state index contributed by atoms with van der Waals surface area (Å²) in [6.45, 7) is 2.82. The number of nitrogens with one attached hydrogen (secondary N) is 2. The molecule has 146 valence electrons. The van der Waals surface area contributed by atoms with E-state index in [4.69, 9.17) is 4.74 Å². The number of thioether (sulfide) groups is 1. The molecule has 2 N–H and O–H groups in total. The van der Waals surface area contributed by atoms with Gasteiger partial charge in [0.1, 0.15) is 16.7 Å². The Bertz CT molecular complexity index is 842. The molecule has 4 rings (SSSR count). The number of hydrogen-bond acceptors (Lipinski definition) is 6. The second-order valence-electron chi connectivity index (χ2n) is 6.81. The Balaban J connectivity index is 1.36. The molecule has 2 atom stereocenters. The molecular formula is C21H23N3O2S2. The maximum Gasteiger partial charge on any atom is 0.237 e. The van der Waals surface area contributed by atoms with Gasteiger partial charge in [-0.25, -0.2) is 0 Å². The fourth-order valence-corrected chi connectivity index (χ4v) is 5.18. The fourth-order valence-electron chi connectivity index (χ4n) is 3.15. The number of ether oxygens (including phenoxy) is 1. The zero-order valence-corrected chi connectivity index (χ0v) is 17.3. The third kappa shape index (κ3) is 4.84. The van der Waals surface area contributed by atoms with Gasteiger partial charge in [0.15, 0.2) is 0 Å². The maximum atomic E-state index is 12.8. The predicted molar refractivity (Wildman–Crippen MR) is 116 cm³/mol. The summed E-state index contributed by atoms with van der Waals surface area (Å²) in [4.78, 5) is 12.8. The zero-order valence-electron chi connectivity index (χ0n) is 15.6. The van der Waals surface area contributed by atoms with Crippen LogP contribution in [0.1, 0.15) is 24.2 Å². The number of carbonyl (C=O) groups is 1. The van der Waals surface area contributed by atoms with E-state index < -0.39 is 0 Å². The SMILES string of the molecule is CC1=CSN(C[C@@H]2CCS[C@H](c3ccc(Oc4ccccc4)cc3)C(=O)N2)N1. The van der Waals surface area contributed by atoms with E-state index in [1.165, 1.54) is 0 Å². The highest BCUT2D eigenvalue weighted by Crippen LogP contribution is 2.34. The Labute approximate surface area is 174 Å². The van der Waals surface area contributed by atoms with Crippen LogP contribution in [0, 0.1) is 0 Å². The highest BCUT2D eigenvalue weighted by Gasteiger charge is 2.29. The van der Waals surface area contributed by atoms with E-state index in [0.29, 0.717) is 0 Å². The third-order valence-corrected chi connectivity index (χ3v) is 6.79. The normalized spacial score (nSPS) is 22.8. The largest absolute Gasteiger partial charge is 0.457 e. The van der Waals surface area contributed by atoms with Crippen molar-refractivity contribution in [3.63, 3.8) is 0 Å². The number of nitrogens with zero attached hydrogens (tertiary/aromatic N) is 1. The molecule has 0 bridgehead atoms. The van der Waals surface area contributed by atoms with Crippen LogP contribution in [0.3, 0.4) is 0 Å². The summed E-state index contributed by atoms with van der Waals surface area (Å²) >= 11 is 3.35. The lowest BCUT2D eigenvalue weighted by molar-refractivity contribution is -0.121. The molecule has 2 aliphatic rings. The first-order chi connectivity index (χ1) is 13.7. The number of hydrogen-bond donors (Lipinski definition) is 2. The zero-order chi connectivity index (χ0) is 19.3. The molecule has 7 heteroatoms. The van der Waals surface area contributed by atoms with Gasteiger partial charge < -0.3 is 15.5 Å². The number of carbonyl (C=O) groups excluding carboxylic acids is 1. The third-order valence-electron chi connectivity index (χ3n) is 4.54. The van der Waals surface area contributed by atoms with Gasteiger partial charge in [-0.3, -0.25) is 4.79 Å². The van der Waals surface area contributed by atoms with Gasteiger partial charge in [-0.2, -0.15) is 4.41 Å². The van der Waals surface area contributed by atoms with Crippen LogP contribution >= 0.6 is 23.7 Å². The van der Waals surface area contributed by atoms with Crippen LogP contribution in [0.2, 0.25) is 0 Å². The van der Waals surface area contributed by atoms with Gasteiger partial charge in [0.25, 0.3) is 0 Å². The van der Waals surface area contributed by atoms with E-state index in [2.05, 4.69) is 20.6 Å². The first kappa shape index (κ1) is 19.2. The predicted octanol–water partition coefficient (Wildman–Crippen LogP) is 4.47. The van der Waals surface area contributed by atoms with Crippen molar-refractivity contribution in [3.8, 4) is 11.5 Å². The molecule has 1 amide bonds. The van der Waals surface area contributed by atoms with Crippen LogP contribution < -0.4 is 15.5 Å². The van der Waals surface area contributed by atoms with Gasteiger partial charge in [0, 0.05) is 17.1 Å². The van der Waals surface area contributed by atoms with Crippen molar-refractivity contribution in [1.82, 2.24) is 15.2 Å². The van der Waals surface area contributed by atoms with Crippen molar-refractivity contribution in [2.45, 2.75) is 24.6 Å². The molecule has 0 radical (unpaired) electrons. The fraction of sp³-hybridized carbons (Fsp3) is 0.286. The quantitative estimate of drug-likeness (QED) is 0.706. The van der Waals surface area contributed by atoms with Gasteiger partial charge in [-0.05, 0) is 60.9 Å². The molecule has 0 aromatic heterocycles. The number of para-hydroxylation sites is 1. The minimum atomic E-state index is -0.185. The number of benzene rings is 2. The lowest BCUT2D eigenvalue weighted by Crippen LogP contribution is -2.44. The Kier molecular flexibility index (Phi) is 6.14. The van der Waals surface area contributed by atoms with E-state index in [-0.39, 0.29) is 17.2 Å². The lowest BCUT2D eigenvalue weighted by atomic mass is 10.1. The molecule has 2 aromatic rings. The van der Waals surface area contributed by atoms with Crippen LogP contribution in [0.15, 0.2) is 65.7 Å². The Morgan fingerprint density at radius 2 is 1.86 bits per heavy atom. The van der Waals surface area contributed by atoms with Crippen LogP contribution in [0.25, 0.3) is 0 Å². The van der Waals surface area contributed by atoms with Gasteiger partial charge in [-0.15, -0.1) is 11.8 Å². The molecule has 1 fully saturated rings. The van der Waals surface area contributed by atoms with Crippen LogP contribution in [-0.2, 0) is 4.79 Å². The number of rotatable bonds is 5. The highest BCUT2D eigenvalue weighted by atomic mass is 32.2. The number of hydrazine groups is 1. The summed E-state index contributed by atoms with van der Waals surface area (Å²) in [5.41, 5.74) is 5.43. The van der Waals surface area contributed by atoms with E-state index in [1.54, 1.807) is 23.7 Å². The molecule has 1 saturated heterocycles. The average Bonchev–Trinajstić information content (AvgIpc) is 3.02. The van der Waals surface area contributed by atoms with Crippen LogP contribution in [0.4, 0.5) is 0 Å². The van der Waals surface area contributed by atoms with E-state index in [9.17, 15) is 4.79 Å². The molecule has 0 saturated carbocycles. The first-order valence-corrected chi connectivity index (χ1v) is 11.2. The van der Waals surface area contributed by atoms with Gasteiger partial charge >= 0.3 is 0 Å². The standard InChI is InChI=1S/C21H23N3O2S2/c1-15-14-28-24(23-15)13-17-11-12-27-20(21(25)22-17)16-7-9-19(10-8-16)26-18-5-3-2-4-6-18/h2-10,14,17,20,23H,11-13H2,1H3,(H,22,25)/t17-,20+/m0/s1. The van der Waals surface area contributed by atoms with Crippen molar-refractivity contribution >= 4 is 29.6 Å². The molecule has 2 aliphatic heterocycles. The topological polar surface area (TPSA) is 53.6 Å². The van der Waals surface area contributed by atoms with Crippen LogP contribution in [0.5, 0.6) is 11.5 Å². The van der Waals surface area contributed by atoms with E-state index >= 15 is 0 Å². The molecule has 28 heavy (non-hydrogen) atoms. The van der Waals surface area contributed by atoms with Crippen molar-refractivity contribution in [1.29, 1.82) is 0 Å². The van der Waals surface area contributed by atoms with Crippen molar-refractivity contribution < 1.29 is 9.53 Å². The lowest BCUT2D eigenvalue weighted by Gasteiger charge is -2.23. The van der Waals surface area contributed by atoms with Crippen molar-refractivity contribution in [2.75, 3.05) is 12.3 Å². The molecule has 0 aliphatic carbocycles. The number of allylic oxidation sites excluding steroid dienone is 1. The molecular weight excluding hydrogens is 390 g/mol. The van der Waals surface area contributed by atoms with E-state index in [0.717, 1.165) is 41.5 Å². The van der Waals surface area contributed by atoms with Gasteiger partial charge in [0.2, 0.25) is 5.91 Å². The molecule has 0 unspecified atom stereocenters. The summed E-state index contributed by atoms with van der Waals surface area (Å²) in [7, 11) is 0. The number of amides is 1. The second-order valence-corrected chi connectivity index (χ2v) is 8.91. The highest BCUT2D eigenvalue weighted by molar-refractivity contribution is 8.00. The molecule has 0 spiro atoms. The summed E-state index contributed by atoms with van der Waals surface area (Å²) < 4.78 is 7.92. The summed E-state index contributed by atoms with van der Waals surface area (Å²) in [5.74, 6) is 2.60. The Morgan fingerprint density at radius 3 is 2.57 bits per heavy atom. The Hall–Kier alpha value is -2.09. The summed E-state index contributed by atoms with van der Waals surface area (Å²) in [5, 5.41) is 5.11. The average molecular weight is 414 g/mol. The first-order valence-electron chi connectivity index (χ1n) is 9.30. The van der Waals surface area contributed by atoms with Crippen molar-refractivity contribution in [2.24, 2.45) is 0 Å².